The Bertz CT molecular complexity index is 633. The van der Waals surface area contributed by atoms with Crippen molar-refractivity contribution in [3.05, 3.63) is 48.5 Å². The Morgan fingerprint density at radius 1 is 1.16 bits per heavy atom. The summed E-state index contributed by atoms with van der Waals surface area (Å²) in [5.41, 5.74) is 0.444. The molecular formula is C20H29N3O2. The van der Waals surface area contributed by atoms with Crippen molar-refractivity contribution >= 4 is 5.91 Å². The molecule has 0 aliphatic heterocycles. The number of imidazole rings is 1. The van der Waals surface area contributed by atoms with Gasteiger partial charge in [-0.1, -0.05) is 25.0 Å². The minimum atomic E-state index is -0.548. The van der Waals surface area contributed by atoms with Crippen LogP contribution in [0.4, 0.5) is 0 Å². The number of rotatable bonds is 10. The number of hydrogen-bond donors (Lipinski definition) is 1. The van der Waals surface area contributed by atoms with Gasteiger partial charge in [-0.15, -0.1) is 0 Å². The summed E-state index contributed by atoms with van der Waals surface area (Å²) in [6.45, 7) is 5.64. The monoisotopic (exact) mass is 343 g/mol. The second kappa shape index (κ2) is 9.25. The number of benzene rings is 1. The number of nitrogens with zero attached hydrogens (tertiary/aromatic N) is 2. The van der Waals surface area contributed by atoms with Crippen LogP contribution in [0.1, 0.15) is 45.1 Å². The highest BCUT2D eigenvalue weighted by Gasteiger charge is 2.29. The van der Waals surface area contributed by atoms with Gasteiger partial charge in [-0.2, -0.15) is 0 Å². The molecule has 0 bridgehead atoms. The number of carbonyl (C=O) groups is 1. The Morgan fingerprint density at radius 3 is 2.52 bits per heavy atom. The van der Waals surface area contributed by atoms with E-state index in [1.165, 1.54) is 0 Å². The molecule has 1 aromatic heterocycles. The molecule has 1 amide bonds. The van der Waals surface area contributed by atoms with Crippen LogP contribution in [0.25, 0.3) is 0 Å². The standard InChI is InChI=1S/C20H29N3O2/c1-20(2,17-8-10-18(25-3)11-9-17)19(24)22-12-6-4-5-7-14-23-15-13-21-16-23/h8-11,13,15-16H,4-7,12,14H2,1-3H3,(H,22,24). The molecule has 2 aromatic rings. The zero-order valence-electron chi connectivity index (χ0n) is 15.5. The van der Waals surface area contributed by atoms with Gasteiger partial charge in [-0.3, -0.25) is 4.79 Å². The molecular weight excluding hydrogens is 314 g/mol. The van der Waals surface area contributed by atoms with Crippen molar-refractivity contribution in [3.63, 3.8) is 0 Å². The molecule has 1 N–H and O–H groups in total. The zero-order valence-corrected chi connectivity index (χ0v) is 15.5. The van der Waals surface area contributed by atoms with Crippen LogP contribution < -0.4 is 10.1 Å². The predicted molar refractivity (Wildman–Crippen MR) is 99.7 cm³/mol. The lowest BCUT2D eigenvalue weighted by Gasteiger charge is -2.24. The molecule has 1 aromatic carbocycles. The first-order valence-corrected chi connectivity index (χ1v) is 8.92. The van der Waals surface area contributed by atoms with Gasteiger partial charge in [-0.05, 0) is 44.4 Å². The Kier molecular flexibility index (Phi) is 7.04. The molecule has 25 heavy (non-hydrogen) atoms. The van der Waals surface area contributed by atoms with Gasteiger partial charge >= 0.3 is 0 Å². The van der Waals surface area contributed by atoms with Crippen molar-refractivity contribution in [2.24, 2.45) is 0 Å². The molecule has 1 heterocycles. The minimum Gasteiger partial charge on any atom is -0.497 e. The summed E-state index contributed by atoms with van der Waals surface area (Å²) in [6.07, 6.45) is 10.1. The third-order valence-corrected chi connectivity index (χ3v) is 4.57. The van der Waals surface area contributed by atoms with Crippen LogP contribution in [0, 0.1) is 0 Å². The number of nitrogens with one attached hydrogen (secondary N) is 1. The molecule has 0 fully saturated rings. The van der Waals surface area contributed by atoms with E-state index in [1.807, 2.05) is 50.6 Å². The molecule has 5 heteroatoms. The first kappa shape index (κ1) is 19.0. The fourth-order valence-electron chi connectivity index (χ4n) is 2.75. The van der Waals surface area contributed by atoms with Crippen molar-refractivity contribution in [1.29, 1.82) is 0 Å². The Balaban J connectivity index is 1.66. The molecule has 136 valence electrons. The van der Waals surface area contributed by atoms with Gasteiger partial charge in [0.15, 0.2) is 0 Å². The maximum atomic E-state index is 12.5. The van der Waals surface area contributed by atoms with E-state index in [0.29, 0.717) is 0 Å². The minimum absolute atomic E-state index is 0.0658. The Morgan fingerprint density at radius 2 is 1.88 bits per heavy atom. The molecule has 2 rings (SSSR count). The maximum absolute atomic E-state index is 12.5. The molecule has 0 spiro atoms. The average molecular weight is 343 g/mol. The van der Waals surface area contributed by atoms with Gasteiger partial charge < -0.3 is 14.6 Å². The number of ether oxygens (including phenoxy) is 1. The highest BCUT2D eigenvalue weighted by atomic mass is 16.5. The number of carbonyl (C=O) groups excluding carboxylic acids is 1. The first-order chi connectivity index (χ1) is 12.0. The SMILES string of the molecule is COc1ccc(C(C)(C)C(=O)NCCCCCCn2ccnc2)cc1. The molecule has 5 nitrogen and oxygen atoms in total. The van der Waals surface area contributed by atoms with E-state index in [4.69, 9.17) is 4.74 Å². The van der Waals surface area contributed by atoms with Crippen LogP contribution in [0.2, 0.25) is 0 Å². The molecule has 0 radical (unpaired) electrons. The van der Waals surface area contributed by atoms with Crippen LogP contribution in [-0.2, 0) is 16.8 Å². The predicted octanol–water partition coefficient (Wildman–Crippen LogP) is 3.55. The number of aromatic nitrogens is 2. The third-order valence-electron chi connectivity index (χ3n) is 4.57. The lowest BCUT2D eigenvalue weighted by Crippen LogP contribution is -2.40. The average Bonchev–Trinajstić information content (AvgIpc) is 3.14. The van der Waals surface area contributed by atoms with Crippen LogP contribution in [-0.4, -0.2) is 29.1 Å². The second-order valence-electron chi connectivity index (χ2n) is 6.82. The van der Waals surface area contributed by atoms with E-state index in [2.05, 4.69) is 14.9 Å². The van der Waals surface area contributed by atoms with Gasteiger partial charge in [0.1, 0.15) is 5.75 Å². The normalized spacial score (nSPS) is 11.3. The van der Waals surface area contributed by atoms with Crippen molar-refractivity contribution in [2.45, 2.75) is 51.5 Å². The van der Waals surface area contributed by atoms with E-state index >= 15 is 0 Å². The van der Waals surface area contributed by atoms with Crippen LogP contribution >= 0.6 is 0 Å². The molecule has 0 saturated heterocycles. The quantitative estimate of drug-likeness (QED) is 0.671. The number of methoxy groups -OCH3 is 1. The summed E-state index contributed by atoms with van der Waals surface area (Å²) in [5, 5.41) is 3.07. The highest BCUT2D eigenvalue weighted by Crippen LogP contribution is 2.25. The summed E-state index contributed by atoms with van der Waals surface area (Å²) >= 11 is 0. The van der Waals surface area contributed by atoms with E-state index in [1.54, 1.807) is 13.3 Å². The number of hydrogen-bond acceptors (Lipinski definition) is 3. The summed E-state index contributed by atoms with van der Waals surface area (Å²) in [5.74, 6) is 0.867. The largest absolute Gasteiger partial charge is 0.497 e. The molecule has 0 saturated carbocycles. The van der Waals surface area contributed by atoms with Crippen LogP contribution in [0.5, 0.6) is 5.75 Å². The summed E-state index contributed by atoms with van der Waals surface area (Å²) in [6, 6.07) is 7.69. The number of amides is 1. The molecule has 0 aliphatic rings. The Hall–Kier alpha value is -2.30. The summed E-state index contributed by atoms with van der Waals surface area (Å²) in [7, 11) is 1.64. The van der Waals surface area contributed by atoms with E-state index in [0.717, 1.165) is 50.1 Å². The van der Waals surface area contributed by atoms with Crippen molar-refractivity contribution in [3.8, 4) is 5.75 Å². The smallest absolute Gasteiger partial charge is 0.230 e. The lowest BCUT2D eigenvalue weighted by atomic mass is 9.83. The van der Waals surface area contributed by atoms with Gasteiger partial charge in [0, 0.05) is 25.5 Å². The summed E-state index contributed by atoms with van der Waals surface area (Å²) in [4.78, 5) is 16.5. The van der Waals surface area contributed by atoms with E-state index in [-0.39, 0.29) is 5.91 Å². The molecule has 0 atom stereocenters. The van der Waals surface area contributed by atoms with Crippen molar-refractivity contribution in [1.82, 2.24) is 14.9 Å². The van der Waals surface area contributed by atoms with Gasteiger partial charge in [-0.25, -0.2) is 4.98 Å². The summed E-state index contributed by atoms with van der Waals surface area (Å²) < 4.78 is 7.27. The van der Waals surface area contributed by atoms with E-state index < -0.39 is 5.41 Å². The topological polar surface area (TPSA) is 56.1 Å². The lowest BCUT2D eigenvalue weighted by molar-refractivity contribution is -0.125. The molecule has 0 aliphatic carbocycles. The first-order valence-electron chi connectivity index (χ1n) is 8.92. The highest BCUT2D eigenvalue weighted by molar-refractivity contribution is 5.87. The zero-order chi connectivity index (χ0) is 18.1. The van der Waals surface area contributed by atoms with Crippen molar-refractivity contribution < 1.29 is 9.53 Å². The van der Waals surface area contributed by atoms with Crippen LogP contribution in [0.15, 0.2) is 43.0 Å². The van der Waals surface area contributed by atoms with Crippen molar-refractivity contribution in [2.75, 3.05) is 13.7 Å². The fraction of sp³-hybridized carbons (Fsp3) is 0.500. The maximum Gasteiger partial charge on any atom is 0.230 e. The number of aryl methyl sites for hydroxylation is 1. The fourth-order valence-corrected chi connectivity index (χ4v) is 2.75. The van der Waals surface area contributed by atoms with E-state index in [9.17, 15) is 4.79 Å². The third kappa shape index (κ3) is 5.62. The number of unbranched alkanes of at least 4 members (excludes halogenated alkanes) is 3. The second-order valence-corrected chi connectivity index (χ2v) is 6.82. The Labute approximate surface area is 150 Å². The van der Waals surface area contributed by atoms with Gasteiger partial charge in [0.05, 0.1) is 18.9 Å². The van der Waals surface area contributed by atoms with Gasteiger partial charge in [0.2, 0.25) is 5.91 Å². The van der Waals surface area contributed by atoms with Gasteiger partial charge in [0.25, 0.3) is 0 Å². The molecule has 0 unspecified atom stereocenters. The van der Waals surface area contributed by atoms with Crippen LogP contribution in [0.3, 0.4) is 0 Å².